The number of hydrogen-bond donors (Lipinski definition) is 2. The van der Waals surface area contributed by atoms with Gasteiger partial charge in [0.1, 0.15) is 5.82 Å². The van der Waals surface area contributed by atoms with E-state index in [0.717, 1.165) is 24.2 Å². The van der Waals surface area contributed by atoms with E-state index >= 15 is 0 Å². The molecule has 3 nitrogen and oxygen atoms in total. The van der Waals surface area contributed by atoms with Crippen molar-refractivity contribution in [2.24, 2.45) is 0 Å². The van der Waals surface area contributed by atoms with Crippen LogP contribution in [-0.4, -0.2) is 12.5 Å². The third kappa shape index (κ3) is 2.75. The van der Waals surface area contributed by atoms with Gasteiger partial charge in [-0.15, -0.1) is 0 Å². The fraction of sp³-hybridized carbons (Fsp3) is 0.235. The van der Waals surface area contributed by atoms with Crippen LogP contribution in [0.3, 0.4) is 0 Å². The molecule has 0 aromatic heterocycles. The average Bonchev–Trinajstić information content (AvgIpc) is 2.94. The first kappa shape index (κ1) is 13.6. The van der Waals surface area contributed by atoms with Gasteiger partial charge in [0.2, 0.25) is 0 Å². The van der Waals surface area contributed by atoms with Crippen molar-refractivity contribution in [3.8, 4) is 0 Å². The molecule has 2 aromatic carbocycles. The largest absolute Gasteiger partial charge is 0.384 e. The van der Waals surface area contributed by atoms with Gasteiger partial charge in [-0.2, -0.15) is 0 Å². The number of hydrogen-bond acceptors (Lipinski definition) is 2. The molecule has 4 heteroatoms. The predicted octanol–water partition coefficient (Wildman–Crippen LogP) is 3.28. The molecule has 1 atom stereocenters. The number of anilines is 1. The molecule has 1 amide bonds. The van der Waals surface area contributed by atoms with Crippen LogP contribution in [0.2, 0.25) is 0 Å². The molecule has 0 spiro atoms. The van der Waals surface area contributed by atoms with Gasteiger partial charge in [0.15, 0.2) is 0 Å². The summed E-state index contributed by atoms with van der Waals surface area (Å²) in [5.74, 6) is -0.482. The Bertz CT molecular complexity index is 684. The molecule has 0 bridgehead atoms. The van der Waals surface area contributed by atoms with Gasteiger partial charge >= 0.3 is 0 Å². The van der Waals surface area contributed by atoms with Gasteiger partial charge in [0.25, 0.3) is 5.91 Å². The van der Waals surface area contributed by atoms with E-state index in [0.29, 0.717) is 11.1 Å². The zero-order chi connectivity index (χ0) is 14.8. The summed E-state index contributed by atoms with van der Waals surface area (Å²) in [5, 5.41) is 6.10. The average molecular weight is 284 g/mol. The third-order valence-electron chi connectivity index (χ3n) is 3.80. The zero-order valence-corrected chi connectivity index (χ0v) is 11.8. The van der Waals surface area contributed by atoms with Crippen molar-refractivity contribution in [3.63, 3.8) is 0 Å². The zero-order valence-electron chi connectivity index (χ0n) is 11.8. The Morgan fingerprint density at radius 1 is 1.29 bits per heavy atom. The van der Waals surface area contributed by atoms with Crippen LogP contribution in [0, 0.1) is 5.82 Å². The Morgan fingerprint density at radius 3 is 2.90 bits per heavy atom. The number of fused-ring (bicyclic) bond motifs is 1. The molecule has 2 N–H and O–H groups in total. The van der Waals surface area contributed by atoms with Crippen LogP contribution < -0.4 is 10.6 Å². The van der Waals surface area contributed by atoms with E-state index in [-0.39, 0.29) is 17.8 Å². The highest BCUT2D eigenvalue weighted by atomic mass is 19.1. The summed E-state index contributed by atoms with van der Waals surface area (Å²) in [6, 6.07) is 11.7. The maximum atomic E-state index is 13.7. The number of nitrogens with one attached hydrogen (secondary N) is 2. The minimum absolute atomic E-state index is 0.180. The maximum Gasteiger partial charge on any atom is 0.251 e. The van der Waals surface area contributed by atoms with Crippen LogP contribution in [0.1, 0.15) is 34.5 Å². The van der Waals surface area contributed by atoms with Gasteiger partial charge in [-0.05, 0) is 43.2 Å². The Balaban J connectivity index is 1.76. The molecule has 0 saturated carbocycles. The van der Waals surface area contributed by atoms with Gasteiger partial charge < -0.3 is 10.6 Å². The van der Waals surface area contributed by atoms with Crippen molar-refractivity contribution in [2.75, 3.05) is 11.9 Å². The summed E-state index contributed by atoms with van der Waals surface area (Å²) in [6.45, 7) is 2.69. The molecular formula is C17H17FN2O. The van der Waals surface area contributed by atoms with E-state index in [9.17, 15) is 9.18 Å². The monoisotopic (exact) mass is 284 g/mol. The summed E-state index contributed by atoms with van der Waals surface area (Å²) in [5.41, 5.74) is 3.35. The highest BCUT2D eigenvalue weighted by Crippen LogP contribution is 2.23. The van der Waals surface area contributed by atoms with Crippen LogP contribution in [-0.2, 0) is 6.42 Å². The number of carbonyl (C=O) groups excluding carboxylic acids is 1. The number of rotatable bonds is 3. The standard InChI is InChI=1S/C17H17FN2O/c1-11(14-4-2-3-5-15(14)18)20-17(21)13-6-7-16-12(10-13)8-9-19-16/h2-7,10-11,19H,8-9H2,1H3,(H,20,21)/t11-/m0/s1. The van der Waals surface area contributed by atoms with Gasteiger partial charge in [0, 0.05) is 23.4 Å². The van der Waals surface area contributed by atoms with Gasteiger partial charge in [0.05, 0.1) is 6.04 Å². The lowest BCUT2D eigenvalue weighted by molar-refractivity contribution is 0.0939. The van der Waals surface area contributed by atoms with Crippen molar-refractivity contribution >= 4 is 11.6 Å². The fourth-order valence-corrected chi connectivity index (χ4v) is 2.63. The van der Waals surface area contributed by atoms with Crippen LogP contribution in [0.25, 0.3) is 0 Å². The summed E-state index contributed by atoms with van der Waals surface area (Å²) >= 11 is 0. The highest BCUT2D eigenvalue weighted by molar-refractivity contribution is 5.95. The van der Waals surface area contributed by atoms with Gasteiger partial charge in [-0.3, -0.25) is 4.79 Å². The molecule has 2 aromatic rings. The van der Waals surface area contributed by atoms with Crippen LogP contribution in [0.4, 0.5) is 10.1 Å². The van der Waals surface area contributed by atoms with E-state index < -0.39 is 0 Å². The van der Waals surface area contributed by atoms with E-state index in [2.05, 4.69) is 10.6 Å². The molecule has 0 fully saturated rings. The van der Waals surface area contributed by atoms with Crippen LogP contribution >= 0.6 is 0 Å². The Hall–Kier alpha value is -2.36. The summed E-state index contributed by atoms with van der Waals surface area (Å²) < 4.78 is 13.7. The molecular weight excluding hydrogens is 267 g/mol. The Labute approximate surface area is 123 Å². The van der Waals surface area contributed by atoms with Crippen molar-refractivity contribution < 1.29 is 9.18 Å². The third-order valence-corrected chi connectivity index (χ3v) is 3.80. The van der Waals surface area contributed by atoms with Gasteiger partial charge in [-0.25, -0.2) is 4.39 Å². The Morgan fingerprint density at radius 2 is 2.10 bits per heavy atom. The van der Waals surface area contributed by atoms with Crippen LogP contribution in [0.15, 0.2) is 42.5 Å². The molecule has 0 saturated heterocycles. The molecule has 21 heavy (non-hydrogen) atoms. The summed E-state index contributed by atoms with van der Waals surface area (Å²) in [7, 11) is 0. The van der Waals surface area contributed by atoms with Crippen molar-refractivity contribution in [1.29, 1.82) is 0 Å². The number of halogens is 1. The van der Waals surface area contributed by atoms with Crippen LogP contribution in [0.5, 0.6) is 0 Å². The second kappa shape index (κ2) is 5.56. The van der Waals surface area contributed by atoms with Gasteiger partial charge in [-0.1, -0.05) is 18.2 Å². The first-order chi connectivity index (χ1) is 10.1. The van der Waals surface area contributed by atoms with E-state index in [4.69, 9.17) is 0 Å². The molecule has 0 aliphatic carbocycles. The number of benzene rings is 2. The second-order valence-electron chi connectivity index (χ2n) is 5.27. The highest BCUT2D eigenvalue weighted by Gasteiger charge is 2.16. The number of carbonyl (C=O) groups is 1. The lowest BCUT2D eigenvalue weighted by Gasteiger charge is -2.15. The first-order valence-electron chi connectivity index (χ1n) is 7.07. The molecule has 1 aliphatic heterocycles. The lowest BCUT2D eigenvalue weighted by atomic mass is 10.1. The maximum absolute atomic E-state index is 13.7. The predicted molar refractivity (Wildman–Crippen MR) is 80.9 cm³/mol. The minimum atomic E-state index is -0.370. The molecule has 1 heterocycles. The van der Waals surface area contributed by atoms with E-state index in [1.807, 2.05) is 12.1 Å². The van der Waals surface area contributed by atoms with Crippen molar-refractivity contribution in [1.82, 2.24) is 5.32 Å². The molecule has 0 unspecified atom stereocenters. The minimum Gasteiger partial charge on any atom is -0.384 e. The molecule has 1 aliphatic rings. The SMILES string of the molecule is C[C@H](NC(=O)c1ccc2c(c1)CCN2)c1ccccc1F. The summed E-state index contributed by atoms with van der Waals surface area (Å²) in [4.78, 5) is 12.3. The topological polar surface area (TPSA) is 41.1 Å². The lowest BCUT2D eigenvalue weighted by Crippen LogP contribution is -2.27. The number of amides is 1. The van der Waals surface area contributed by atoms with E-state index in [1.165, 1.54) is 6.07 Å². The first-order valence-corrected chi connectivity index (χ1v) is 7.07. The molecule has 0 radical (unpaired) electrons. The molecule has 108 valence electrons. The smallest absolute Gasteiger partial charge is 0.251 e. The van der Waals surface area contributed by atoms with Crippen molar-refractivity contribution in [2.45, 2.75) is 19.4 Å². The molecule has 3 rings (SSSR count). The van der Waals surface area contributed by atoms with E-state index in [1.54, 1.807) is 31.2 Å². The summed E-state index contributed by atoms with van der Waals surface area (Å²) in [6.07, 6.45) is 0.930. The quantitative estimate of drug-likeness (QED) is 0.908. The normalized spacial score (nSPS) is 14.2. The van der Waals surface area contributed by atoms with Crippen molar-refractivity contribution in [3.05, 3.63) is 65.0 Å². The second-order valence-corrected chi connectivity index (χ2v) is 5.27. The Kier molecular flexibility index (Phi) is 3.60. The fourth-order valence-electron chi connectivity index (χ4n) is 2.63.